The average Bonchev–Trinajstić information content (AvgIpc) is 2.97. The molecule has 114 valence electrons. The second-order valence-corrected chi connectivity index (χ2v) is 6.10. The molecule has 1 atom stereocenters. The van der Waals surface area contributed by atoms with Gasteiger partial charge >= 0.3 is 0 Å². The molecule has 0 fully saturated rings. The zero-order valence-corrected chi connectivity index (χ0v) is 13.1. The summed E-state index contributed by atoms with van der Waals surface area (Å²) in [6.45, 7) is 4.80. The van der Waals surface area contributed by atoms with Crippen LogP contribution in [0.25, 0.3) is 0 Å². The second-order valence-electron chi connectivity index (χ2n) is 6.10. The molecule has 0 saturated carbocycles. The Kier molecular flexibility index (Phi) is 4.14. The Hall–Kier alpha value is -2.29. The third kappa shape index (κ3) is 2.98. The van der Waals surface area contributed by atoms with Crippen molar-refractivity contribution in [3.63, 3.8) is 0 Å². The van der Waals surface area contributed by atoms with Crippen LogP contribution in [0.1, 0.15) is 25.0 Å². The summed E-state index contributed by atoms with van der Waals surface area (Å²) in [6.07, 6.45) is 0.771. The van der Waals surface area contributed by atoms with E-state index in [1.807, 2.05) is 41.3 Å². The Bertz CT molecular complexity index is 626. The normalized spacial score (nSPS) is 16.2. The molecule has 0 saturated heterocycles. The Morgan fingerprint density at radius 1 is 1.14 bits per heavy atom. The van der Waals surface area contributed by atoms with Crippen LogP contribution < -0.4 is 5.32 Å². The van der Waals surface area contributed by atoms with Crippen molar-refractivity contribution in [1.82, 2.24) is 4.90 Å². The molecule has 1 amide bonds. The fraction of sp³-hybridized carbons (Fsp3) is 0.316. The molecule has 22 heavy (non-hydrogen) atoms. The Morgan fingerprint density at radius 2 is 1.82 bits per heavy atom. The van der Waals surface area contributed by atoms with Crippen molar-refractivity contribution in [2.24, 2.45) is 0 Å². The number of para-hydroxylation sites is 1. The quantitative estimate of drug-likeness (QED) is 0.936. The van der Waals surface area contributed by atoms with E-state index in [0.29, 0.717) is 6.54 Å². The van der Waals surface area contributed by atoms with E-state index in [1.165, 1.54) is 11.1 Å². The first-order chi connectivity index (χ1) is 10.6. The Balaban J connectivity index is 1.74. The van der Waals surface area contributed by atoms with Gasteiger partial charge in [0, 0.05) is 24.7 Å². The Labute approximate surface area is 132 Å². The number of anilines is 1. The van der Waals surface area contributed by atoms with Crippen molar-refractivity contribution < 1.29 is 4.79 Å². The molecule has 1 heterocycles. The second kappa shape index (κ2) is 6.22. The van der Waals surface area contributed by atoms with Crippen LogP contribution in [0.15, 0.2) is 54.6 Å². The summed E-state index contributed by atoms with van der Waals surface area (Å²) < 4.78 is 0. The molecule has 1 aliphatic rings. The van der Waals surface area contributed by atoms with Crippen LogP contribution in [0.5, 0.6) is 0 Å². The topological polar surface area (TPSA) is 32.3 Å². The van der Waals surface area contributed by atoms with Crippen LogP contribution in [-0.2, 0) is 17.8 Å². The summed E-state index contributed by atoms with van der Waals surface area (Å²) in [7, 11) is 0. The van der Waals surface area contributed by atoms with Crippen LogP contribution in [0, 0.1) is 0 Å². The van der Waals surface area contributed by atoms with E-state index in [4.69, 9.17) is 0 Å². The van der Waals surface area contributed by atoms with Crippen molar-refractivity contribution in [2.45, 2.75) is 38.9 Å². The van der Waals surface area contributed by atoms with Crippen molar-refractivity contribution in [1.29, 1.82) is 0 Å². The first kappa shape index (κ1) is 14.6. The van der Waals surface area contributed by atoms with Gasteiger partial charge in [-0.1, -0.05) is 48.5 Å². The highest BCUT2D eigenvalue weighted by molar-refractivity contribution is 5.87. The van der Waals surface area contributed by atoms with E-state index in [-0.39, 0.29) is 18.0 Å². The van der Waals surface area contributed by atoms with Gasteiger partial charge in [-0.15, -0.1) is 0 Å². The van der Waals surface area contributed by atoms with Crippen LogP contribution >= 0.6 is 0 Å². The maximum atomic E-state index is 12.9. The van der Waals surface area contributed by atoms with E-state index in [9.17, 15) is 4.79 Å². The molecule has 3 heteroatoms. The molecule has 0 aliphatic carbocycles. The molecular formula is C19H22N2O. The summed E-state index contributed by atoms with van der Waals surface area (Å²) in [6, 6.07) is 18.4. The van der Waals surface area contributed by atoms with Crippen LogP contribution in [-0.4, -0.2) is 22.9 Å². The van der Waals surface area contributed by atoms with Crippen LogP contribution in [0.2, 0.25) is 0 Å². The largest absolute Gasteiger partial charge is 0.373 e. The number of nitrogens with one attached hydrogen (secondary N) is 1. The number of hydrogen-bond acceptors (Lipinski definition) is 2. The van der Waals surface area contributed by atoms with Gasteiger partial charge in [-0.3, -0.25) is 4.79 Å². The summed E-state index contributed by atoms with van der Waals surface area (Å²) in [5.41, 5.74) is 3.48. The molecule has 1 unspecified atom stereocenters. The number of amides is 1. The lowest BCUT2D eigenvalue weighted by atomic mass is 10.1. The number of rotatable bonds is 4. The molecule has 0 aromatic heterocycles. The van der Waals surface area contributed by atoms with Gasteiger partial charge in [0.1, 0.15) is 6.04 Å². The molecular weight excluding hydrogens is 272 g/mol. The van der Waals surface area contributed by atoms with Gasteiger partial charge in [0.25, 0.3) is 0 Å². The smallest absolute Gasteiger partial charge is 0.245 e. The van der Waals surface area contributed by atoms with Gasteiger partial charge in [0.15, 0.2) is 0 Å². The molecule has 0 bridgehead atoms. The molecule has 3 rings (SSSR count). The highest BCUT2D eigenvalue weighted by Crippen LogP contribution is 2.26. The van der Waals surface area contributed by atoms with E-state index in [1.54, 1.807) is 0 Å². The van der Waals surface area contributed by atoms with Gasteiger partial charge in [0.2, 0.25) is 5.91 Å². The summed E-state index contributed by atoms with van der Waals surface area (Å²) in [4.78, 5) is 14.9. The zero-order valence-electron chi connectivity index (χ0n) is 13.1. The third-order valence-electron chi connectivity index (χ3n) is 4.17. The molecule has 1 aliphatic heterocycles. The maximum absolute atomic E-state index is 12.9. The molecule has 0 radical (unpaired) electrons. The first-order valence-electron chi connectivity index (χ1n) is 7.84. The molecule has 1 N–H and O–H groups in total. The number of nitrogens with zero attached hydrogens (tertiary/aromatic N) is 1. The van der Waals surface area contributed by atoms with Gasteiger partial charge in [0.05, 0.1) is 0 Å². The highest BCUT2D eigenvalue weighted by atomic mass is 16.2. The molecule has 3 nitrogen and oxygen atoms in total. The van der Waals surface area contributed by atoms with Crippen molar-refractivity contribution in [2.75, 3.05) is 5.32 Å². The zero-order chi connectivity index (χ0) is 15.5. The van der Waals surface area contributed by atoms with Gasteiger partial charge in [-0.25, -0.2) is 0 Å². The number of fused-ring (bicyclic) bond motifs is 1. The first-order valence-corrected chi connectivity index (χ1v) is 7.84. The van der Waals surface area contributed by atoms with Crippen molar-refractivity contribution in [3.8, 4) is 0 Å². The van der Waals surface area contributed by atoms with Crippen molar-refractivity contribution >= 4 is 11.6 Å². The predicted molar refractivity (Wildman–Crippen MR) is 89.7 cm³/mol. The minimum absolute atomic E-state index is 0.150. The SMILES string of the molecule is CC(C)N(Cc1ccccc1)C(=O)C1Cc2ccccc2N1. The van der Waals surface area contributed by atoms with Crippen LogP contribution in [0.3, 0.4) is 0 Å². The summed E-state index contributed by atoms with van der Waals surface area (Å²) >= 11 is 0. The molecule has 0 spiro atoms. The lowest BCUT2D eigenvalue weighted by Gasteiger charge is -2.29. The minimum Gasteiger partial charge on any atom is -0.373 e. The summed E-state index contributed by atoms with van der Waals surface area (Å²) in [5.74, 6) is 0.176. The minimum atomic E-state index is -0.150. The van der Waals surface area contributed by atoms with Gasteiger partial charge in [-0.2, -0.15) is 0 Å². The number of benzene rings is 2. The predicted octanol–water partition coefficient (Wildman–Crippen LogP) is 3.46. The molecule has 2 aromatic carbocycles. The number of hydrogen-bond donors (Lipinski definition) is 1. The number of carbonyl (C=O) groups excluding carboxylic acids is 1. The van der Waals surface area contributed by atoms with E-state index >= 15 is 0 Å². The lowest BCUT2D eigenvalue weighted by molar-refractivity contribution is -0.134. The third-order valence-corrected chi connectivity index (χ3v) is 4.17. The monoisotopic (exact) mass is 294 g/mol. The standard InChI is InChI=1S/C19H22N2O/c1-14(2)21(13-15-8-4-3-5-9-15)19(22)18-12-16-10-6-7-11-17(16)20-18/h3-11,14,18,20H,12-13H2,1-2H3. The van der Waals surface area contributed by atoms with Crippen LogP contribution in [0.4, 0.5) is 5.69 Å². The lowest BCUT2D eigenvalue weighted by Crippen LogP contribution is -2.45. The maximum Gasteiger partial charge on any atom is 0.245 e. The summed E-state index contributed by atoms with van der Waals surface area (Å²) in [5, 5.41) is 3.36. The Morgan fingerprint density at radius 3 is 2.50 bits per heavy atom. The molecule has 2 aromatic rings. The highest BCUT2D eigenvalue weighted by Gasteiger charge is 2.31. The van der Waals surface area contributed by atoms with E-state index in [2.05, 4.69) is 37.4 Å². The van der Waals surface area contributed by atoms with Gasteiger partial charge < -0.3 is 10.2 Å². The van der Waals surface area contributed by atoms with E-state index in [0.717, 1.165) is 12.1 Å². The fourth-order valence-electron chi connectivity index (χ4n) is 2.94. The average molecular weight is 294 g/mol. The fourth-order valence-corrected chi connectivity index (χ4v) is 2.94. The van der Waals surface area contributed by atoms with E-state index < -0.39 is 0 Å². The van der Waals surface area contributed by atoms with Crippen molar-refractivity contribution in [3.05, 3.63) is 65.7 Å². The number of carbonyl (C=O) groups is 1. The van der Waals surface area contributed by atoms with Gasteiger partial charge in [-0.05, 0) is 31.0 Å².